The summed E-state index contributed by atoms with van der Waals surface area (Å²) >= 11 is 0. The fourth-order valence-corrected chi connectivity index (χ4v) is 9.09. The van der Waals surface area contributed by atoms with Crippen molar-refractivity contribution in [2.45, 2.75) is 47.3 Å². The summed E-state index contributed by atoms with van der Waals surface area (Å²) in [5, 5.41) is 2.98. The molecule has 19 heteroatoms. The molecule has 2 amide bonds. The molecule has 4 aromatic rings. The first-order valence-electron chi connectivity index (χ1n) is 15.6. The Morgan fingerprint density at radius 1 is 0.566 bits per heavy atom. The van der Waals surface area contributed by atoms with E-state index in [1.54, 1.807) is 0 Å². The van der Waals surface area contributed by atoms with Crippen LogP contribution in [0.1, 0.15) is 43.0 Å². The van der Waals surface area contributed by atoms with Crippen LogP contribution in [0.15, 0.2) is 107 Å². The number of halogens is 6. The molecular formula is C34H31F6N5O6S2. The van der Waals surface area contributed by atoms with E-state index in [4.69, 9.17) is 11.5 Å². The van der Waals surface area contributed by atoms with Gasteiger partial charge in [-0.3, -0.25) is 9.59 Å². The lowest BCUT2D eigenvalue weighted by Crippen LogP contribution is -2.54. The van der Waals surface area contributed by atoms with E-state index in [2.05, 4.69) is 5.32 Å². The molecule has 0 unspecified atom stereocenters. The highest BCUT2D eigenvalue weighted by Gasteiger charge is 2.46. The first kappa shape index (κ1) is 39.4. The van der Waals surface area contributed by atoms with Crippen LogP contribution in [0.5, 0.6) is 0 Å². The molecule has 5 N–H and O–H groups in total. The van der Waals surface area contributed by atoms with Crippen molar-refractivity contribution in [2.75, 3.05) is 13.1 Å². The SMILES string of the molecule is NC(=O)c1ccc(S(=O)(=O)N(Cc2ccc(C(F)(F)F)cc2)[C@H]2CNC[C@@H]2N(Cc2ccc(C(F)(F)F)cc2)S(=O)(=O)c2ccc(C(N)=O)cc2)cc1. The summed E-state index contributed by atoms with van der Waals surface area (Å²) in [5.41, 5.74) is 8.81. The molecule has 11 nitrogen and oxygen atoms in total. The highest BCUT2D eigenvalue weighted by Crippen LogP contribution is 2.34. The number of nitrogens with two attached hydrogens (primary N) is 2. The van der Waals surface area contributed by atoms with E-state index in [1.165, 1.54) is 0 Å². The van der Waals surface area contributed by atoms with Gasteiger partial charge in [-0.05, 0) is 83.9 Å². The van der Waals surface area contributed by atoms with Crippen LogP contribution < -0.4 is 16.8 Å². The molecule has 2 atom stereocenters. The van der Waals surface area contributed by atoms with Crippen LogP contribution in [0.3, 0.4) is 0 Å². The number of primary amides is 2. The lowest BCUT2D eigenvalue weighted by Gasteiger charge is -2.37. The standard InChI is InChI=1S/C34H31F6N5O6S2/c35-33(36,37)25-9-1-21(2-10-25)19-44(52(48,49)27-13-5-23(6-14-27)31(41)46)29-17-43-18-30(29)45(20-22-3-11-26(12-4-22)34(38,39)40)53(50,51)28-15-7-24(8-16-28)32(42)47/h1-16,29-30,43H,17-20H2,(H2,41,46)(H2,42,47)/t29-,30-/m0/s1. The molecule has 53 heavy (non-hydrogen) atoms. The Kier molecular flexibility index (Phi) is 11.1. The third kappa shape index (κ3) is 8.71. The molecule has 0 aliphatic carbocycles. The average Bonchev–Trinajstić information content (AvgIpc) is 3.58. The number of rotatable bonds is 12. The molecule has 282 valence electrons. The molecule has 0 bridgehead atoms. The highest BCUT2D eigenvalue weighted by molar-refractivity contribution is 7.89. The number of carbonyl (C=O) groups excluding carboxylic acids is 2. The summed E-state index contributed by atoms with van der Waals surface area (Å²) in [4.78, 5) is 22.7. The molecule has 0 radical (unpaired) electrons. The van der Waals surface area contributed by atoms with Crippen LogP contribution in [0.4, 0.5) is 26.3 Å². The Morgan fingerprint density at radius 2 is 0.868 bits per heavy atom. The van der Waals surface area contributed by atoms with Gasteiger partial charge in [-0.1, -0.05) is 24.3 Å². The molecule has 1 heterocycles. The molecule has 0 spiro atoms. The Hall–Kier alpha value is -4.82. The minimum absolute atomic E-state index is 0.0187. The van der Waals surface area contributed by atoms with Crippen molar-refractivity contribution in [3.8, 4) is 0 Å². The molecule has 1 saturated heterocycles. The lowest BCUT2D eigenvalue weighted by atomic mass is 10.1. The van der Waals surface area contributed by atoms with Crippen molar-refractivity contribution < 1.29 is 52.8 Å². The van der Waals surface area contributed by atoms with Gasteiger partial charge in [0.1, 0.15) is 0 Å². The molecule has 1 aliphatic rings. The van der Waals surface area contributed by atoms with Crippen LogP contribution in [-0.4, -0.2) is 62.4 Å². The largest absolute Gasteiger partial charge is 0.416 e. The predicted octanol–water partition coefficient (Wildman–Crippen LogP) is 4.34. The van der Waals surface area contributed by atoms with Crippen molar-refractivity contribution in [1.29, 1.82) is 0 Å². The van der Waals surface area contributed by atoms with Gasteiger partial charge < -0.3 is 16.8 Å². The number of nitrogens with one attached hydrogen (secondary N) is 1. The second-order valence-corrected chi connectivity index (χ2v) is 15.8. The summed E-state index contributed by atoms with van der Waals surface area (Å²) in [6.07, 6.45) is -9.37. The molecule has 0 saturated carbocycles. The molecule has 0 aromatic heterocycles. The monoisotopic (exact) mass is 783 g/mol. The summed E-state index contributed by atoms with van der Waals surface area (Å²) in [5.74, 6) is -1.69. The number of amides is 2. The Bertz CT molecular complexity index is 2020. The van der Waals surface area contributed by atoms with Crippen LogP contribution in [0, 0.1) is 0 Å². The van der Waals surface area contributed by atoms with Gasteiger partial charge >= 0.3 is 12.4 Å². The number of sulfonamides is 2. The summed E-state index contributed by atoms with van der Waals surface area (Å²) in [6.45, 7) is -1.40. The molecule has 1 aliphatic heterocycles. The first-order chi connectivity index (χ1) is 24.7. The van der Waals surface area contributed by atoms with Gasteiger partial charge in [-0.2, -0.15) is 35.0 Å². The van der Waals surface area contributed by atoms with Gasteiger partial charge in [0, 0.05) is 37.3 Å². The Balaban J connectivity index is 1.62. The van der Waals surface area contributed by atoms with E-state index < -0.39 is 80.5 Å². The number of alkyl halides is 6. The van der Waals surface area contributed by atoms with Crippen molar-refractivity contribution in [1.82, 2.24) is 13.9 Å². The normalized spacial score (nSPS) is 17.0. The second kappa shape index (κ2) is 14.9. The Morgan fingerprint density at radius 3 is 1.13 bits per heavy atom. The maximum atomic E-state index is 14.4. The summed E-state index contributed by atoms with van der Waals surface area (Å²) in [6, 6.07) is 13.9. The zero-order chi connectivity index (χ0) is 38.9. The van der Waals surface area contributed by atoms with Gasteiger partial charge in [-0.25, -0.2) is 16.8 Å². The van der Waals surface area contributed by atoms with Crippen LogP contribution in [0.2, 0.25) is 0 Å². The van der Waals surface area contributed by atoms with Gasteiger partial charge in [0.15, 0.2) is 0 Å². The van der Waals surface area contributed by atoms with Gasteiger partial charge in [0.2, 0.25) is 31.9 Å². The molecular weight excluding hydrogens is 753 g/mol. The lowest BCUT2D eigenvalue weighted by molar-refractivity contribution is -0.138. The van der Waals surface area contributed by atoms with Gasteiger partial charge in [-0.15, -0.1) is 0 Å². The van der Waals surface area contributed by atoms with Crippen LogP contribution in [-0.2, 0) is 45.5 Å². The van der Waals surface area contributed by atoms with Gasteiger partial charge in [0.25, 0.3) is 0 Å². The topological polar surface area (TPSA) is 173 Å². The quantitative estimate of drug-likeness (QED) is 0.179. The zero-order valence-corrected chi connectivity index (χ0v) is 28.9. The van der Waals surface area contributed by atoms with Crippen molar-refractivity contribution in [3.05, 3.63) is 130 Å². The molecule has 1 fully saturated rings. The maximum Gasteiger partial charge on any atom is 0.416 e. The van der Waals surface area contributed by atoms with E-state index in [0.717, 1.165) is 106 Å². The fourth-order valence-electron chi connectivity index (χ4n) is 5.81. The molecule has 5 rings (SSSR count). The smallest absolute Gasteiger partial charge is 0.366 e. The fraction of sp³-hybridized carbons (Fsp3) is 0.235. The van der Waals surface area contributed by atoms with E-state index in [0.29, 0.717) is 0 Å². The van der Waals surface area contributed by atoms with E-state index in [-0.39, 0.29) is 45.1 Å². The van der Waals surface area contributed by atoms with E-state index in [9.17, 15) is 52.8 Å². The van der Waals surface area contributed by atoms with Gasteiger partial charge in [0.05, 0.1) is 33.0 Å². The number of hydrogen-bond acceptors (Lipinski definition) is 7. The second-order valence-electron chi connectivity index (χ2n) is 12.1. The number of nitrogens with zero attached hydrogens (tertiary/aromatic N) is 2. The van der Waals surface area contributed by atoms with E-state index >= 15 is 0 Å². The zero-order valence-electron chi connectivity index (χ0n) is 27.3. The van der Waals surface area contributed by atoms with Crippen molar-refractivity contribution >= 4 is 31.9 Å². The number of hydrogen-bond donors (Lipinski definition) is 3. The summed E-state index contributed by atoms with van der Waals surface area (Å²) in [7, 11) is -9.26. The number of carbonyl (C=O) groups is 2. The Labute approximate surface area is 300 Å². The van der Waals surface area contributed by atoms with Crippen LogP contribution in [0.25, 0.3) is 0 Å². The third-order valence-corrected chi connectivity index (χ3v) is 12.4. The van der Waals surface area contributed by atoms with Crippen molar-refractivity contribution in [3.63, 3.8) is 0 Å². The molecule has 4 aromatic carbocycles. The minimum Gasteiger partial charge on any atom is -0.366 e. The summed E-state index contributed by atoms with van der Waals surface area (Å²) < 4.78 is 140. The van der Waals surface area contributed by atoms with Crippen molar-refractivity contribution in [2.24, 2.45) is 11.5 Å². The number of benzene rings is 4. The van der Waals surface area contributed by atoms with Crippen LogP contribution >= 0.6 is 0 Å². The highest BCUT2D eigenvalue weighted by atomic mass is 32.2. The minimum atomic E-state index is -4.68. The average molecular weight is 784 g/mol. The third-order valence-electron chi connectivity index (χ3n) is 8.62. The predicted molar refractivity (Wildman–Crippen MR) is 179 cm³/mol. The van der Waals surface area contributed by atoms with E-state index in [1.807, 2.05) is 0 Å². The maximum absolute atomic E-state index is 14.4. The first-order valence-corrected chi connectivity index (χ1v) is 18.4.